The number of likely N-dealkylation sites (N-methyl/N-ethyl adjacent to an activating group) is 1. The zero-order chi connectivity index (χ0) is 9.68. The smallest absolute Gasteiger partial charge is 0.0252 e. The summed E-state index contributed by atoms with van der Waals surface area (Å²) in [6.45, 7) is 0.710. The van der Waals surface area contributed by atoms with E-state index < -0.39 is 0 Å². The van der Waals surface area contributed by atoms with Crippen LogP contribution in [0.15, 0.2) is 30.3 Å². The fourth-order valence-corrected chi connectivity index (χ4v) is 1.36. The summed E-state index contributed by atoms with van der Waals surface area (Å²) in [5.41, 5.74) is 7.03. The van der Waals surface area contributed by atoms with Crippen molar-refractivity contribution in [3.8, 4) is 0 Å². The average molecular weight is 215 g/mol. The molecule has 2 nitrogen and oxygen atoms in total. The maximum atomic E-state index is 5.68. The summed E-state index contributed by atoms with van der Waals surface area (Å²) in [6.07, 6.45) is 1.03. The highest BCUT2D eigenvalue weighted by Crippen LogP contribution is 2.05. The molecule has 1 aromatic carbocycles. The van der Waals surface area contributed by atoms with E-state index in [1.807, 2.05) is 6.07 Å². The van der Waals surface area contributed by atoms with Gasteiger partial charge < -0.3 is 10.6 Å². The number of hydrogen-bond donors (Lipinski definition) is 1. The first-order valence-electron chi connectivity index (χ1n) is 4.64. The highest BCUT2D eigenvalue weighted by Gasteiger charge is 2.08. The Morgan fingerprint density at radius 2 is 1.79 bits per heavy atom. The third kappa shape index (κ3) is 4.09. The third-order valence-corrected chi connectivity index (χ3v) is 2.32. The minimum Gasteiger partial charge on any atom is -0.329 e. The van der Waals surface area contributed by atoms with E-state index in [1.54, 1.807) is 0 Å². The molecule has 0 fully saturated rings. The average Bonchev–Trinajstić information content (AvgIpc) is 2.15. The third-order valence-electron chi connectivity index (χ3n) is 2.32. The lowest BCUT2D eigenvalue weighted by Gasteiger charge is -2.22. The van der Waals surface area contributed by atoms with Crippen molar-refractivity contribution in [2.75, 3.05) is 20.6 Å². The number of halogens is 1. The van der Waals surface area contributed by atoms with Gasteiger partial charge >= 0.3 is 0 Å². The first-order chi connectivity index (χ1) is 6.24. The van der Waals surface area contributed by atoms with Gasteiger partial charge in [0.25, 0.3) is 0 Å². The van der Waals surface area contributed by atoms with Crippen molar-refractivity contribution in [2.45, 2.75) is 12.5 Å². The number of rotatable bonds is 4. The van der Waals surface area contributed by atoms with Crippen LogP contribution in [0.1, 0.15) is 5.56 Å². The van der Waals surface area contributed by atoms with Crippen LogP contribution in [0.5, 0.6) is 0 Å². The highest BCUT2D eigenvalue weighted by molar-refractivity contribution is 5.85. The summed E-state index contributed by atoms with van der Waals surface area (Å²) in [7, 11) is 4.14. The molecule has 0 aliphatic heterocycles. The fourth-order valence-electron chi connectivity index (χ4n) is 1.36. The van der Waals surface area contributed by atoms with Crippen molar-refractivity contribution in [3.63, 3.8) is 0 Å². The van der Waals surface area contributed by atoms with Crippen molar-refractivity contribution in [2.24, 2.45) is 5.73 Å². The molecule has 14 heavy (non-hydrogen) atoms. The molecule has 0 aliphatic carbocycles. The molecule has 0 aromatic heterocycles. The van der Waals surface area contributed by atoms with E-state index in [1.165, 1.54) is 5.56 Å². The molecule has 1 aromatic rings. The molecule has 3 heteroatoms. The standard InChI is InChI=1S/C11H18N2.ClH/c1-13(2)11(9-12)8-10-6-4-3-5-7-10;/h3-7,11H,8-9,12H2,1-2H3;1H. The van der Waals surface area contributed by atoms with Crippen LogP contribution in [0.4, 0.5) is 0 Å². The van der Waals surface area contributed by atoms with E-state index in [9.17, 15) is 0 Å². The van der Waals surface area contributed by atoms with Crippen LogP contribution in [0, 0.1) is 0 Å². The van der Waals surface area contributed by atoms with E-state index in [2.05, 4.69) is 43.3 Å². The van der Waals surface area contributed by atoms with Gasteiger partial charge in [0.05, 0.1) is 0 Å². The monoisotopic (exact) mass is 214 g/mol. The lowest BCUT2D eigenvalue weighted by Crippen LogP contribution is -2.36. The first-order valence-corrected chi connectivity index (χ1v) is 4.64. The minimum atomic E-state index is 0. The van der Waals surface area contributed by atoms with Crippen LogP contribution in [0.2, 0.25) is 0 Å². The minimum absolute atomic E-state index is 0. The molecular formula is C11H19ClN2. The first kappa shape index (κ1) is 13.4. The summed E-state index contributed by atoms with van der Waals surface area (Å²) in [6, 6.07) is 10.9. The second-order valence-corrected chi connectivity index (χ2v) is 3.54. The summed E-state index contributed by atoms with van der Waals surface area (Å²) in [4.78, 5) is 2.17. The second-order valence-electron chi connectivity index (χ2n) is 3.54. The molecule has 0 radical (unpaired) electrons. The van der Waals surface area contributed by atoms with Gasteiger partial charge in [0.1, 0.15) is 0 Å². The molecule has 0 aliphatic rings. The van der Waals surface area contributed by atoms with Gasteiger partial charge in [-0.15, -0.1) is 12.4 Å². The van der Waals surface area contributed by atoms with Crippen molar-refractivity contribution in [1.29, 1.82) is 0 Å². The van der Waals surface area contributed by atoms with Crippen LogP contribution in [-0.4, -0.2) is 31.6 Å². The Kier molecular flexibility index (Phi) is 6.54. The van der Waals surface area contributed by atoms with Gasteiger partial charge in [0.15, 0.2) is 0 Å². The maximum absolute atomic E-state index is 5.68. The molecule has 0 spiro atoms. The molecule has 0 saturated carbocycles. The van der Waals surface area contributed by atoms with Gasteiger partial charge in [-0.25, -0.2) is 0 Å². The SMILES string of the molecule is CN(C)C(CN)Cc1ccccc1.Cl. The molecule has 80 valence electrons. The molecule has 1 atom stereocenters. The van der Waals surface area contributed by atoms with E-state index in [-0.39, 0.29) is 12.4 Å². The normalized spacial score (nSPS) is 12.3. The topological polar surface area (TPSA) is 29.3 Å². The number of benzene rings is 1. The van der Waals surface area contributed by atoms with Gasteiger partial charge in [0.2, 0.25) is 0 Å². The van der Waals surface area contributed by atoms with Crippen molar-refractivity contribution < 1.29 is 0 Å². The van der Waals surface area contributed by atoms with Crippen LogP contribution in [0.3, 0.4) is 0 Å². The summed E-state index contributed by atoms with van der Waals surface area (Å²) < 4.78 is 0. The van der Waals surface area contributed by atoms with Crippen molar-refractivity contribution >= 4 is 12.4 Å². The zero-order valence-electron chi connectivity index (χ0n) is 8.81. The molecule has 1 unspecified atom stereocenters. The largest absolute Gasteiger partial charge is 0.329 e. The molecule has 0 saturated heterocycles. The van der Waals surface area contributed by atoms with Gasteiger partial charge in [-0.05, 0) is 26.1 Å². The predicted octanol–water partition coefficient (Wildman–Crippen LogP) is 1.54. The van der Waals surface area contributed by atoms with E-state index >= 15 is 0 Å². The van der Waals surface area contributed by atoms with Crippen LogP contribution in [0.25, 0.3) is 0 Å². The lowest BCUT2D eigenvalue weighted by atomic mass is 10.1. The Balaban J connectivity index is 0.00000169. The molecule has 2 N–H and O–H groups in total. The summed E-state index contributed by atoms with van der Waals surface area (Å²) in [5, 5.41) is 0. The van der Waals surface area contributed by atoms with Gasteiger partial charge in [-0.2, -0.15) is 0 Å². The maximum Gasteiger partial charge on any atom is 0.0252 e. The van der Waals surface area contributed by atoms with E-state index in [4.69, 9.17) is 5.73 Å². The van der Waals surface area contributed by atoms with E-state index in [0.717, 1.165) is 6.42 Å². The van der Waals surface area contributed by atoms with E-state index in [0.29, 0.717) is 12.6 Å². The van der Waals surface area contributed by atoms with Gasteiger partial charge in [0, 0.05) is 12.6 Å². The van der Waals surface area contributed by atoms with Crippen LogP contribution in [-0.2, 0) is 6.42 Å². The summed E-state index contributed by atoms with van der Waals surface area (Å²) in [5.74, 6) is 0. The number of hydrogen-bond acceptors (Lipinski definition) is 2. The highest BCUT2D eigenvalue weighted by atomic mass is 35.5. The van der Waals surface area contributed by atoms with Crippen LogP contribution < -0.4 is 5.73 Å². The lowest BCUT2D eigenvalue weighted by molar-refractivity contribution is 0.298. The molecule has 1 rings (SSSR count). The zero-order valence-corrected chi connectivity index (χ0v) is 9.63. The quantitative estimate of drug-likeness (QED) is 0.824. The second kappa shape index (κ2) is 6.82. The van der Waals surface area contributed by atoms with Crippen molar-refractivity contribution in [1.82, 2.24) is 4.90 Å². The molecule has 0 heterocycles. The Morgan fingerprint density at radius 3 is 2.21 bits per heavy atom. The van der Waals surface area contributed by atoms with Gasteiger partial charge in [-0.1, -0.05) is 30.3 Å². The fraction of sp³-hybridized carbons (Fsp3) is 0.455. The Hall–Kier alpha value is -0.570. The molecular weight excluding hydrogens is 196 g/mol. The predicted molar refractivity (Wildman–Crippen MR) is 63.9 cm³/mol. The number of nitrogens with zero attached hydrogens (tertiary/aromatic N) is 1. The van der Waals surface area contributed by atoms with Crippen LogP contribution >= 0.6 is 12.4 Å². The van der Waals surface area contributed by atoms with Crippen molar-refractivity contribution in [3.05, 3.63) is 35.9 Å². The Bertz CT molecular complexity index is 236. The molecule has 0 amide bonds. The number of nitrogens with two attached hydrogens (primary N) is 1. The molecule has 0 bridgehead atoms. The summed E-state index contributed by atoms with van der Waals surface area (Å²) >= 11 is 0. The Labute approximate surface area is 92.5 Å². The Morgan fingerprint density at radius 1 is 1.21 bits per heavy atom. The van der Waals surface area contributed by atoms with Gasteiger partial charge in [-0.3, -0.25) is 0 Å².